The van der Waals surface area contributed by atoms with Crippen LogP contribution >= 0.6 is 0 Å². The van der Waals surface area contributed by atoms with Crippen LogP contribution in [0.25, 0.3) is 16.8 Å². The van der Waals surface area contributed by atoms with Gasteiger partial charge >= 0.3 is 0 Å². The Hall–Kier alpha value is -3.73. The molecule has 1 unspecified atom stereocenters. The van der Waals surface area contributed by atoms with Crippen molar-refractivity contribution in [3.63, 3.8) is 0 Å². The van der Waals surface area contributed by atoms with E-state index >= 15 is 0 Å². The number of anilines is 1. The SMILES string of the molecule is Cc1c(-c2ccccc2)c(N2CCCC2N(C)C)n2nc(CCOCc3ccccc3)nc2c1C#N. The highest BCUT2D eigenvalue weighted by atomic mass is 16.5. The number of hydrogen-bond donors (Lipinski definition) is 0. The average Bonchev–Trinajstić information content (AvgIpc) is 3.55. The van der Waals surface area contributed by atoms with E-state index in [-0.39, 0.29) is 6.17 Å². The van der Waals surface area contributed by atoms with Crippen molar-refractivity contribution in [2.75, 3.05) is 32.1 Å². The molecule has 36 heavy (non-hydrogen) atoms. The van der Waals surface area contributed by atoms with Crippen LogP contribution in [0, 0.1) is 18.3 Å². The number of fused-ring (bicyclic) bond motifs is 1. The number of rotatable bonds is 8. The molecule has 1 aliphatic rings. The number of aromatic nitrogens is 3. The van der Waals surface area contributed by atoms with Gasteiger partial charge in [-0.05, 0) is 50.6 Å². The quantitative estimate of drug-likeness (QED) is 0.337. The highest BCUT2D eigenvalue weighted by Crippen LogP contribution is 2.40. The van der Waals surface area contributed by atoms with E-state index in [0.717, 1.165) is 47.5 Å². The van der Waals surface area contributed by atoms with E-state index in [9.17, 15) is 5.26 Å². The molecule has 0 radical (unpaired) electrons. The first kappa shape index (κ1) is 24.0. The third kappa shape index (κ3) is 4.58. The molecule has 0 bridgehead atoms. The number of nitriles is 1. The summed E-state index contributed by atoms with van der Waals surface area (Å²) in [5, 5.41) is 15.1. The van der Waals surface area contributed by atoms with Crippen LogP contribution in [0.1, 0.15) is 35.4 Å². The van der Waals surface area contributed by atoms with Gasteiger partial charge in [-0.25, -0.2) is 4.98 Å². The predicted molar refractivity (Wildman–Crippen MR) is 142 cm³/mol. The molecule has 4 aromatic rings. The van der Waals surface area contributed by atoms with E-state index in [1.807, 2.05) is 47.8 Å². The average molecular weight is 481 g/mol. The second-order valence-electron chi connectivity index (χ2n) is 9.51. The van der Waals surface area contributed by atoms with Crippen LogP contribution in [0.5, 0.6) is 0 Å². The van der Waals surface area contributed by atoms with Gasteiger partial charge in [-0.3, -0.25) is 4.90 Å². The first-order chi connectivity index (χ1) is 17.6. The zero-order valence-electron chi connectivity index (χ0n) is 21.2. The Labute approximate surface area is 212 Å². The molecular weight excluding hydrogens is 448 g/mol. The van der Waals surface area contributed by atoms with Crippen LogP contribution in [0.4, 0.5) is 5.82 Å². The normalized spacial score (nSPS) is 15.6. The molecule has 1 aliphatic heterocycles. The number of nitrogens with zero attached hydrogens (tertiary/aromatic N) is 6. The maximum Gasteiger partial charge on any atom is 0.176 e. The summed E-state index contributed by atoms with van der Waals surface area (Å²) in [5.41, 5.74) is 5.40. The number of pyridine rings is 1. The van der Waals surface area contributed by atoms with E-state index in [4.69, 9.17) is 14.8 Å². The summed E-state index contributed by atoms with van der Waals surface area (Å²) in [7, 11) is 4.24. The molecule has 0 amide bonds. The van der Waals surface area contributed by atoms with Gasteiger partial charge in [0.1, 0.15) is 17.5 Å². The van der Waals surface area contributed by atoms with Gasteiger partial charge in [-0.15, -0.1) is 5.10 Å². The van der Waals surface area contributed by atoms with Gasteiger partial charge in [0.2, 0.25) is 0 Å². The van der Waals surface area contributed by atoms with E-state index in [1.165, 1.54) is 0 Å². The summed E-state index contributed by atoms with van der Waals surface area (Å²) < 4.78 is 7.81. The van der Waals surface area contributed by atoms with Crippen molar-refractivity contribution in [3.05, 3.63) is 83.2 Å². The van der Waals surface area contributed by atoms with E-state index in [1.54, 1.807) is 0 Å². The van der Waals surface area contributed by atoms with Gasteiger partial charge < -0.3 is 9.64 Å². The molecule has 1 atom stereocenters. The van der Waals surface area contributed by atoms with Crippen LogP contribution in [0.2, 0.25) is 0 Å². The van der Waals surface area contributed by atoms with Gasteiger partial charge in [0.05, 0.1) is 19.4 Å². The van der Waals surface area contributed by atoms with Crippen LogP contribution in [-0.2, 0) is 17.8 Å². The van der Waals surface area contributed by atoms with Gasteiger partial charge in [0.25, 0.3) is 0 Å². The zero-order valence-corrected chi connectivity index (χ0v) is 21.2. The fourth-order valence-corrected chi connectivity index (χ4v) is 5.15. The molecule has 1 saturated heterocycles. The molecule has 3 heterocycles. The third-order valence-electron chi connectivity index (χ3n) is 6.89. The van der Waals surface area contributed by atoms with Gasteiger partial charge in [0, 0.05) is 18.5 Å². The number of ether oxygens (including phenoxy) is 1. The second kappa shape index (κ2) is 10.5. The van der Waals surface area contributed by atoms with Gasteiger partial charge in [-0.1, -0.05) is 60.7 Å². The molecule has 0 aliphatic carbocycles. The monoisotopic (exact) mass is 480 g/mol. The summed E-state index contributed by atoms with van der Waals surface area (Å²) in [6.07, 6.45) is 3.02. The summed E-state index contributed by atoms with van der Waals surface area (Å²) in [6.45, 7) is 4.02. The Morgan fingerprint density at radius 3 is 2.50 bits per heavy atom. The van der Waals surface area contributed by atoms with E-state index in [2.05, 4.69) is 54.2 Å². The summed E-state index contributed by atoms with van der Waals surface area (Å²) in [5.74, 6) is 1.69. The minimum absolute atomic E-state index is 0.254. The summed E-state index contributed by atoms with van der Waals surface area (Å²) in [6, 6.07) is 22.9. The lowest BCUT2D eigenvalue weighted by atomic mass is 9.97. The molecule has 1 fully saturated rings. The van der Waals surface area contributed by atoms with Crippen molar-refractivity contribution < 1.29 is 4.74 Å². The summed E-state index contributed by atoms with van der Waals surface area (Å²) >= 11 is 0. The van der Waals surface area contributed by atoms with E-state index < -0.39 is 0 Å². The number of benzene rings is 2. The minimum Gasteiger partial charge on any atom is -0.376 e. The molecule has 7 heteroatoms. The second-order valence-corrected chi connectivity index (χ2v) is 9.51. The lowest BCUT2D eigenvalue weighted by Crippen LogP contribution is -2.41. The first-order valence-electron chi connectivity index (χ1n) is 12.5. The largest absolute Gasteiger partial charge is 0.376 e. The smallest absolute Gasteiger partial charge is 0.176 e. The van der Waals surface area contributed by atoms with Gasteiger partial charge in [0.15, 0.2) is 11.5 Å². The lowest BCUT2D eigenvalue weighted by molar-refractivity contribution is 0.122. The number of hydrogen-bond acceptors (Lipinski definition) is 6. The van der Waals surface area contributed by atoms with Crippen molar-refractivity contribution in [2.24, 2.45) is 0 Å². The van der Waals surface area contributed by atoms with Crippen molar-refractivity contribution in [1.82, 2.24) is 19.5 Å². The van der Waals surface area contributed by atoms with Crippen LogP contribution in [0.15, 0.2) is 60.7 Å². The third-order valence-corrected chi connectivity index (χ3v) is 6.89. The van der Waals surface area contributed by atoms with Crippen LogP contribution in [0.3, 0.4) is 0 Å². The molecular formula is C29H32N6O. The maximum absolute atomic E-state index is 10.2. The molecule has 0 saturated carbocycles. The molecule has 0 spiro atoms. The van der Waals surface area contributed by atoms with Gasteiger partial charge in [-0.2, -0.15) is 9.78 Å². The van der Waals surface area contributed by atoms with Crippen molar-refractivity contribution in [2.45, 2.75) is 39.0 Å². The molecule has 5 rings (SSSR count). The lowest BCUT2D eigenvalue weighted by Gasteiger charge is -2.33. The topological polar surface area (TPSA) is 69.7 Å². The first-order valence-corrected chi connectivity index (χ1v) is 12.5. The fraction of sp³-hybridized carbons (Fsp3) is 0.345. The highest BCUT2D eigenvalue weighted by molar-refractivity contribution is 5.85. The van der Waals surface area contributed by atoms with Crippen molar-refractivity contribution in [3.8, 4) is 17.2 Å². The Kier molecular flexibility index (Phi) is 6.99. The fourth-order valence-electron chi connectivity index (χ4n) is 5.15. The maximum atomic E-state index is 10.2. The standard InChI is InChI=1S/C29H32N6O/c1-21-24(19-30)28-31-25(16-18-36-20-22-11-6-4-7-12-22)32-35(28)29(27(21)23-13-8-5-9-14-23)34-17-10-15-26(34)33(2)3/h4-9,11-14,26H,10,15-18,20H2,1-3H3. The molecule has 2 aromatic heterocycles. The van der Waals surface area contributed by atoms with E-state index in [0.29, 0.717) is 36.7 Å². The molecule has 2 aromatic carbocycles. The Morgan fingerprint density at radius 1 is 1.08 bits per heavy atom. The summed E-state index contributed by atoms with van der Waals surface area (Å²) in [4.78, 5) is 9.52. The Balaban J connectivity index is 1.57. The minimum atomic E-state index is 0.254. The Bertz CT molecular complexity index is 1370. The van der Waals surface area contributed by atoms with Crippen LogP contribution < -0.4 is 4.90 Å². The molecule has 7 nitrogen and oxygen atoms in total. The van der Waals surface area contributed by atoms with Crippen LogP contribution in [-0.4, -0.2) is 52.9 Å². The van der Waals surface area contributed by atoms with Crippen molar-refractivity contribution >= 4 is 11.5 Å². The zero-order chi connectivity index (χ0) is 25.1. The molecule has 0 N–H and O–H groups in total. The highest BCUT2D eigenvalue weighted by Gasteiger charge is 2.33. The Morgan fingerprint density at radius 2 is 1.81 bits per heavy atom. The predicted octanol–water partition coefficient (Wildman–Crippen LogP) is 4.82. The van der Waals surface area contributed by atoms with Crippen molar-refractivity contribution in [1.29, 1.82) is 5.26 Å². The molecule has 184 valence electrons.